The van der Waals surface area contributed by atoms with Crippen LogP contribution in [0.1, 0.15) is 6.42 Å². The summed E-state index contributed by atoms with van der Waals surface area (Å²) in [7, 11) is -4.63. The van der Waals surface area contributed by atoms with Gasteiger partial charge in [0.15, 0.2) is 8.32 Å². The molecule has 0 amide bonds. The highest BCUT2D eigenvalue weighted by Gasteiger charge is 2.41. The number of aliphatic hydroxyl groups excluding tert-OH is 1. The van der Waals surface area contributed by atoms with E-state index in [-0.39, 0.29) is 6.61 Å². The molecule has 0 fully saturated rings. The van der Waals surface area contributed by atoms with E-state index < -0.39 is 25.4 Å². The molecule has 0 aliphatic heterocycles. The van der Waals surface area contributed by atoms with Crippen LogP contribution < -0.4 is 0 Å². The molecule has 0 bridgehead atoms. The van der Waals surface area contributed by atoms with Crippen LogP contribution in [-0.4, -0.2) is 44.3 Å². The van der Waals surface area contributed by atoms with Crippen LogP contribution in [-0.2, 0) is 12.7 Å². The van der Waals surface area contributed by atoms with Gasteiger partial charge < -0.3 is 17.8 Å². The number of aliphatic hydroxyl groups is 1. The summed E-state index contributed by atoms with van der Waals surface area (Å²) in [5.74, 6) is 0. The van der Waals surface area contributed by atoms with Gasteiger partial charge in [-0.1, -0.05) is 5.70 Å². The van der Waals surface area contributed by atoms with Gasteiger partial charge in [-0.25, -0.2) is 0 Å². The first-order valence-corrected chi connectivity index (χ1v) is 14.6. The standard InChI is InChI=1S/C11H28O4Si3/c1-8-18(7,13-2)15-17(5,6)14-16(3,4)11-9-10-12/h8,12H,1,9-11H2,2-7H3. The fourth-order valence-corrected chi connectivity index (χ4v) is 13.9. The highest BCUT2D eigenvalue weighted by atomic mass is 28.5. The maximum absolute atomic E-state index is 8.91. The van der Waals surface area contributed by atoms with Crippen LogP contribution in [0.2, 0.25) is 38.8 Å². The summed E-state index contributed by atoms with van der Waals surface area (Å²) in [6.07, 6.45) is 0.796. The zero-order valence-corrected chi connectivity index (χ0v) is 15.6. The van der Waals surface area contributed by atoms with Crippen molar-refractivity contribution in [2.24, 2.45) is 0 Å². The highest BCUT2D eigenvalue weighted by molar-refractivity contribution is 6.87. The molecule has 108 valence electrons. The first-order valence-electron chi connectivity index (χ1n) is 6.30. The molecule has 1 unspecified atom stereocenters. The Hall–Kier alpha value is 0.231. The summed E-state index contributed by atoms with van der Waals surface area (Å²) in [5, 5.41) is 8.91. The van der Waals surface area contributed by atoms with Crippen molar-refractivity contribution in [2.75, 3.05) is 13.7 Å². The van der Waals surface area contributed by atoms with E-state index in [1.807, 2.05) is 6.55 Å². The van der Waals surface area contributed by atoms with Crippen molar-refractivity contribution in [3.63, 3.8) is 0 Å². The van der Waals surface area contributed by atoms with Gasteiger partial charge in [-0.2, -0.15) is 0 Å². The second-order valence-corrected chi connectivity index (χ2v) is 16.9. The molecular weight excluding hydrogens is 280 g/mol. The molecule has 4 nitrogen and oxygen atoms in total. The van der Waals surface area contributed by atoms with E-state index in [2.05, 4.69) is 32.8 Å². The van der Waals surface area contributed by atoms with Crippen molar-refractivity contribution in [1.82, 2.24) is 0 Å². The Kier molecular flexibility index (Phi) is 7.22. The monoisotopic (exact) mass is 308 g/mol. The second-order valence-electron chi connectivity index (χ2n) is 5.62. The Morgan fingerprint density at radius 2 is 1.67 bits per heavy atom. The summed E-state index contributed by atoms with van der Waals surface area (Å²) in [6, 6.07) is 0.947. The number of hydrogen-bond acceptors (Lipinski definition) is 4. The lowest BCUT2D eigenvalue weighted by atomic mass is 10.5. The fraction of sp³-hybridized carbons (Fsp3) is 0.818. The first kappa shape index (κ1) is 18.2. The minimum Gasteiger partial charge on any atom is -0.436 e. The Balaban J connectivity index is 4.59. The summed E-state index contributed by atoms with van der Waals surface area (Å²) in [6.45, 7) is 14.4. The lowest BCUT2D eigenvalue weighted by Gasteiger charge is -2.37. The molecule has 0 saturated carbocycles. The van der Waals surface area contributed by atoms with Gasteiger partial charge in [-0.3, -0.25) is 0 Å². The quantitative estimate of drug-likeness (QED) is 0.665. The summed E-state index contributed by atoms with van der Waals surface area (Å²) >= 11 is 0. The van der Waals surface area contributed by atoms with E-state index in [1.54, 1.807) is 12.8 Å². The third kappa shape index (κ3) is 6.98. The zero-order chi connectivity index (χ0) is 14.4. The largest absolute Gasteiger partial charge is 0.436 e. The molecular formula is C11H28O4Si3. The fourth-order valence-electron chi connectivity index (χ4n) is 1.90. The van der Waals surface area contributed by atoms with E-state index in [0.29, 0.717) is 0 Å². The summed E-state index contributed by atoms with van der Waals surface area (Å²) < 4.78 is 17.9. The second kappa shape index (κ2) is 7.13. The minimum atomic E-state index is -2.29. The van der Waals surface area contributed by atoms with Crippen molar-refractivity contribution >= 4 is 25.4 Å². The molecule has 0 aromatic carbocycles. The third-order valence-corrected chi connectivity index (χ3v) is 13.6. The summed E-state index contributed by atoms with van der Waals surface area (Å²) in [4.78, 5) is 0. The maximum Gasteiger partial charge on any atom is 0.352 e. The van der Waals surface area contributed by atoms with Crippen molar-refractivity contribution in [3.8, 4) is 0 Å². The lowest BCUT2D eigenvalue weighted by Crippen LogP contribution is -2.53. The van der Waals surface area contributed by atoms with Gasteiger partial charge >= 0.3 is 17.1 Å². The molecule has 0 saturated heterocycles. The number of rotatable bonds is 9. The van der Waals surface area contributed by atoms with E-state index in [4.69, 9.17) is 17.8 Å². The van der Waals surface area contributed by atoms with Gasteiger partial charge in [0.1, 0.15) is 0 Å². The van der Waals surface area contributed by atoms with Gasteiger partial charge in [-0.05, 0) is 45.2 Å². The Morgan fingerprint density at radius 3 is 2.06 bits per heavy atom. The molecule has 1 N–H and O–H groups in total. The smallest absolute Gasteiger partial charge is 0.352 e. The van der Waals surface area contributed by atoms with Gasteiger partial charge in [0.05, 0.1) is 0 Å². The molecule has 0 radical (unpaired) electrons. The minimum absolute atomic E-state index is 0.222. The Bertz CT molecular complexity index is 271. The first-order chi connectivity index (χ1) is 8.10. The van der Waals surface area contributed by atoms with Gasteiger partial charge in [-0.15, -0.1) is 6.58 Å². The SMILES string of the molecule is C=C[Si](C)(OC)O[Si](C)(C)O[Si](C)(C)CCCO. The maximum atomic E-state index is 8.91. The van der Waals surface area contributed by atoms with Gasteiger partial charge in [0, 0.05) is 13.7 Å². The van der Waals surface area contributed by atoms with E-state index in [9.17, 15) is 0 Å². The van der Waals surface area contributed by atoms with Crippen molar-refractivity contribution in [1.29, 1.82) is 0 Å². The molecule has 1 atom stereocenters. The van der Waals surface area contributed by atoms with E-state index in [1.165, 1.54) is 0 Å². The molecule has 0 heterocycles. The van der Waals surface area contributed by atoms with Gasteiger partial charge in [0.2, 0.25) is 0 Å². The Labute approximate surface area is 115 Å². The molecule has 7 heteroatoms. The van der Waals surface area contributed by atoms with Crippen LogP contribution >= 0.6 is 0 Å². The van der Waals surface area contributed by atoms with Crippen LogP contribution in [0, 0.1) is 0 Å². The summed E-state index contributed by atoms with van der Waals surface area (Å²) in [5.41, 5.74) is 1.79. The third-order valence-electron chi connectivity index (χ3n) is 2.68. The van der Waals surface area contributed by atoms with Crippen LogP contribution in [0.25, 0.3) is 0 Å². The predicted molar refractivity (Wildman–Crippen MR) is 82.5 cm³/mol. The van der Waals surface area contributed by atoms with Crippen molar-refractivity contribution in [3.05, 3.63) is 12.3 Å². The molecule has 18 heavy (non-hydrogen) atoms. The number of hydrogen-bond donors (Lipinski definition) is 1. The topological polar surface area (TPSA) is 47.9 Å². The molecule has 0 spiro atoms. The van der Waals surface area contributed by atoms with Crippen molar-refractivity contribution in [2.45, 2.75) is 45.2 Å². The molecule has 0 aliphatic carbocycles. The molecule has 0 rings (SSSR count). The average molecular weight is 309 g/mol. The highest BCUT2D eigenvalue weighted by Crippen LogP contribution is 2.24. The van der Waals surface area contributed by atoms with Crippen LogP contribution in [0.15, 0.2) is 12.3 Å². The lowest BCUT2D eigenvalue weighted by molar-refractivity contribution is 0.279. The predicted octanol–water partition coefficient (Wildman–Crippen LogP) is 2.75. The Morgan fingerprint density at radius 1 is 1.11 bits per heavy atom. The van der Waals surface area contributed by atoms with Crippen LogP contribution in [0.3, 0.4) is 0 Å². The molecule has 0 aliphatic rings. The van der Waals surface area contributed by atoms with E-state index >= 15 is 0 Å². The molecule has 0 aromatic heterocycles. The molecule has 0 aromatic rings. The van der Waals surface area contributed by atoms with Crippen LogP contribution in [0.5, 0.6) is 0 Å². The van der Waals surface area contributed by atoms with Crippen LogP contribution in [0.4, 0.5) is 0 Å². The van der Waals surface area contributed by atoms with E-state index in [0.717, 1.165) is 12.5 Å². The zero-order valence-electron chi connectivity index (χ0n) is 12.6. The van der Waals surface area contributed by atoms with Crippen molar-refractivity contribution < 1.29 is 17.8 Å². The van der Waals surface area contributed by atoms with Gasteiger partial charge in [0.25, 0.3) is 0 Å². The normalized spacial score (nSPS) is 16.4. The average Bonchev–Trinajstić information content (AvgIpc) is 2.24.